The number of nitrogens with zero attached hydrogens (tertiary/aromatic N) is 2. The fourth-order valence-corrected chi connectivity index (χ4v) is 3.55. The molecule has 2 heterocycles. The van der Waals surface area contributed by atoms with Crippen molar-refractivity contribution in [3.05, 3.63) is 17.6 Å². The van der Waals surface area contributed by atoms with E-state index in [0.29, 0.717) is 11.2 Å². The second-order valence-corrected chi connectivity index (χ2v) is 6.55. The SMILES string of the molecule is CCCNc1cc(C2CC2)nc(C2CCCS2)n1. The molecule has 98 valence electrons. The minimum absolute atomic E-state index is 0.533. The predicted molar refractivity (Wildman–Crippen MR) is 77.2 cm³/mol. The highest BCUT2D eigenvalue weighted by atomic mass is 32.2. The van der Waals surface area contributed by atoms with Crippen LogP contribution in [0.5, 0.6) is 0 Å². The van der Waals surface area contributed by atoms with E-state index in [9.17, 15) is 0 Å². The molecular weight excluding hydrogens is 242 g/mol. The molecule has 0 amide bonds. The van der Waals surface area contributed by atoms with Gasteiger partial charge in [-0.2, -0.15) is 11.8 Å². The van der Waals surface area contributed by atoms with Gasteiger partial charge in [0.2, 0.25) is 0 Å². The molecule has 2 aliphatic rings. The molecule has 4 heteroatoms. The molecule has 3 rings (SSSR count). The minimum atomic E-state index is 0.533. The van der Waals surface area contributed by atoms with Crippen molar-refractivity contribution >= 4 is 17.6 Å². The van der Waals surface area contributed by atoms with Crippen LogP contribution >= 0.6 is 11.8 Å². The Bertz CT molecular complexity index is 412. The van der Waals surface area contributed by atoms with Crippen LogP contribution in [0.1, 0.15) is 61.7 Å². The van der Waals surface area contributed by atoms with Crippen LogP contribution in [0, 0.1) is 0 Å². The Morgan fingerprint density at radius 3 is 2.89 bits per heavy atom. The first kappa shape index (κ1) is 12.3. The zero-order valence-corrected chi connectivity index (χ0v) is 11.8. The average Bonchev–Trinajstić information content (AvgIpc) is 3.11. The Kier molecular flexibility index (Phi) is 3.73. The first-order valence-corrected chi connectivity index (χ1v) is 8.16. The van der Waals surface area contributed by atoms with Gasteiger partial charge in [-0.05, 0) is 37.9 Å². The van der Waals surface area contributed by atoms with Gasteiger partial charge in [0.25, 0.3) is 0 Å². The summed E-state index contributed by atoms with van der Waals surface area (Å²) in [5.41, 5.74) is 1.27. The lowest BCUT2D eigenvalue weighted by Gasteiger charge is -2.12. The van der Waals surface area contributed by atoms with E-state index in [1.165, 1.54) is 37.1 Å². The summed E-state index contributed by atoms with van der Waals surface area (Å²) in [6.45, 7) is 3.18. The summed E-state index contributed by atoms with van der Waals surface area (Å²) in [6.07, 6.45) is 6.30. The Hall–Kier alpha value is -0.770. The quantitative estimate of drug-likeness (QED) is 0.878. The van der Waals surface area contributed by atoms with Crippen molar-refractivity contribution in [1.82, 2.24) is 9.97 Å². The summed E-state index contributed by atoms with van der Waals surface area (Å²) in [7, 11) is 0. The maximum atomic E-state index is 4.81. The van der Waals surface area contributed by atoms with Crippen molar-refractivity contribution < 1.29 is 0 Å². The number of nitrogens with one attached hydrogen (secondary N) is 1. The van der Waals surface area contributed by atoms with Gasteiger partial charge in [0, 0.05) is 24.2 Å². The topological polar surface area (TPSA) is 37.8 Å². The Balaban J connectivity index is 1.83. The summed E-state index contributed by atoms with van der Waals surface area (Å²) < 4.78 is 0. The van der Waals surface area contributed by atoms with Gasteiger partial charge in [-0.1, -0.05) is 6.92 Å². The third-order valence-electron chi connectivity index (χ3n) is 3.53. The van der Waals surface area contributed by atoms with Crippen LogP contribution < -0.4 is 5.32 Å². The van der Waals surface area contributed by atoms with Crippen LogP contribution in [0.15, 0.2) is 6.07 Å². The fourth-order valence-electron chi connectivity index (χ4n) is 2.34. The average molecular weight is 263 g/mol. The lowest BCUT2D eigenvalue weighted by Crippen LogP contribution is -2.08. The molecule has 3 nitrogen and oxygen atoms in total. The molecule has 1 unspecified atom stereocenters. The van der Waals surface area contributed by atoms with Gasteiger partial charge in [-0.15, -0.1) is 0 Å². The Morgan fingerprint density at radius 2 is 2.22 bits per heavy atom. The summed E-state index contributed by atoms with van der Waals surface area (Å²) in [5, 5.41) is 3.95. The maximum absolute atomic E-state index is 4.81. The Morgan fingerprint density at radius 1 is 1.33 bits per heavy atom. The molecule has 1 aliphatic carbocycles. The predicted octanol–water partition coefficient (Wildman–Crippen LogP) is 3.74. The van der Waals surface area contributed by atoms with E-state index >= 15 is 0 Å². The molecule has 18 heavy (non-hydrogen) atoms. The summed E-state index contributed by atoms with van der Waals surface area (Å²) in [6, 6.07) is 2.16. The van der Waals surface area contributed by atoms with E-state index in [4.69, 9.17) is 9.97 Å². The zero-order chi connectivity index (χ0) is 12.4. The van der Waals surface area contributed by atoms with Crippen LogP contribution in [0.25, 0.3) is 0 Å². The largest absolute Gasteiger partial charge is 0.370 e. The van der Waals surface area contributed by atoms with E-state index < -0.39 is 0 Å². The number of anilines is 1. The third-order valence-corrected chi connectivity index (χ3v) is 4.91. The lowest BCUT2D eigenvalue weighted by atomic mass is 10.2. The highest BCUT2D eigenvalue weighted by molar-refractivity contribution is 7.99. The van der Waals surface area contributed by atoms with Crippen molar-refractivity contribution in [3.63, 3.8) is 0 Å². The van der Waals surface area contributed by atoms with Gasteiger partial charge in [0.05, 0.1) is 5.25 Å². The molecule has 0 bridgehead atoms. The monoisotopic (exact) mass is 263 g/mol. The van der Waals surface area contributed by atoms with Crippen molar-refractivity contribution in [2.45, 2.75) is 50.2 Å². The van der Waals surface area contributed by atoms with Gasteiger partial charge >= 0.3 is 0 Å². The summed E-state index contributed by atoms with van der Waals surface area (Å²) in [5.74, 6) is 4.08. The van der Waals surface area contributed by atoms with E-state index in [1.54, 1.807) is 0 Å². The Labute approximate surface area is 113 Å². The number of thioether (sulfide) groups is 1. The van der Waals surface area contributed by atoms with Crippen molar-refractivity contribution in [2.75, 3.05) is 17.6 Å². The van der Waals surface area contributed by atoms with Crippen LogP contribution in [-0.4, -0.2) is 22.3 Å². The number of hydrogen-bond acceptors (Lipinski definition) is 4. The molecule has 1 N–H and O–H groups in total. The lowest BCUT2D eigenvalue weighted by molar-refractivity contribution is 0.764. The van der Waals surface area contributed by atoms with Crippen molar-refractivity contribution in [3.8, 4) is 0 Å². The summed E-state index contributed by atoms with van der Waals surface area (Å²) >= 11 is 2.02. The van der Waals surface area contributed by atoms with E-state index in [-0.39, 0.29) is 0 Å². The first-order chi connectivity index (χ1) is 8.86. The van der Waals surface area contributed by atoms with Crippen LogP contribution in [0.3, 0.4) is 0 Å². The van der Waals surface area contributed by atoms with Crippen LogP contribution in [0.4, 0.5) is 5.82 Å². The van der Waals surface area contributed by atoms with Gasteiger partial charge in [0.15, 0.2) is 0 Å². The van der Waals surface area contributed by atoms with E-state index in [1.807, 2.05) is 11.8 Å². The van der Waals surface area contributed by atoms with Gasteiger partial charge in [-0.3, -0.25) is 0 Å². The summed E-state index contributed by atoms with van der Waals surface area (Å²) in [4.78, 5) is 9.53. The van der Waals surface area contributed by atoms with Gasteiger partial charge < -0.3 is 5.32 Å². The van der Waals surface area contributed by atoms with Crippen LogP contribution in [0.2, 0.25) is 0 Å². The molecule has 1 atom stereocenters. The highest BCUT2D eigenvalue weighted by Crippen LogP contribution is 2.42. The molecule has 1 saturated heterocycles. The molecular formula is C14H21N3S. The van der Waals surface area contributed by atoms with Gasteiger partial charge in [0.1, 0.15) is 11.6 Å². The number of hydrogen-bond donors (Lipinski definition) is 1. The zero-order valence-electron chi connectivity index (χ0n) is 11.0. The smallest absolute Gasteiger partial charge is 0.143 e. The molecule has 1 aromatic rings. The maximum Gasteiger partial charge on any atom is 0.143 e. The minimum Gasteiger partial charge on any atom is -0.370 e. The standard InChI is InChI=1S/C14H21N3S/c1-2-7-15-13-9-11(10-5-6-10)16-14(17-13)12-4-3-8-18-12/h9-10,12H,2-8H2,1H3,(H,15,16,17). The second-order valence-electron chi connectivity index (χ2n) is 5.24. The molecule has 0 aromatic carbocycles. The number of rotatable bonds is 5. The van der Waals surface area contributed by atoms with E-state index in [0.717, 1.165) is 24.6 Å². The molecule has 0 spiro atoms. The molecule has 2 fully saturated rings. The molecule has 1 aromatic heterocycles. The van der Waals surface area contributed by atoms with Gasteiger partial charge in [-0.25, -0.2) is 9.97 Å². The van der Waals surface area contributed by atoms with Crippen molar-refractivity contribution in [2.24, 2.45) is 0 Å². The van der Waals surface area contributed by atoms with Crippen molar-refractivity contribution in [1.29, 1.82) is 0 Å². The molecule has 1 saturated carbocycles. The normalized spacial score (nSPS) is 23.3. The van der Waals surface area contributed by atoms with Crippen LogP contribution in [-0.2, 0) is 0 Å². The van der Waals surface area contributed by atoms with E-state index in [2.05, 4.69) is 18.3 Å². The first-order valence-electron chi connectivity index (χ1n) is 7.11. The molecule has 1 aliphatic heterocycles. The second kappa shape index (κ2) is 5.47. The number of aromatic nitrogens is 2. The molecule has 0 radical (unpaired) electrons. The highest BCUT2D eigenvalue weighted by Gasteiger charge is 2.28. The fraction of sp³-hybridized carbons (Fsp3) is 0.714. The third kappa shape index (κ3) is 2.79.